The molecule has 8 heteroatoms. The Hall–Kier alpha value is 0.530. The van der Waals surface area contributed by atoms with Crippen LogP contribution in [-0.4, -0.2) is 38.0 Å². The van der Waals surface area contributed by atoms with Gasteiger partial charge in [-0.05, 0) is 75.7 Å². The molecule has 0 fully saturated rings. The normalized spacial score (nSPS) is 10.8. The van der Waals surface area contributed by atoms with Gasteiger partial charge in [0.05, 0.1) is 25.4 Å². The number of rotatable bonds is 7. The highest BCUT2D eigenvalue weighted by Crippen LogP contribution is 2.42. The van der Waals surface area contributed by atoms with Crippen molar-refractivity contribution in [2.45, 2.75) is 6.42 Å². The molecule has 1 aromatic rings. The van der Waals surface area contributed by atoms with Crippen LogP contribution >= 0.6 is 63.7 Å². The van der Waals surface area contributed by atoms with Crippen LogP contribution in [0.1, 0.15) is 15.9 Å². The molecule has 0 saturated heterocycles. The Labute approximate surface area is 150 Å². The van der Waals surface area contributed by atoms with Gasteiger partial charge >= 0.3 is 5.97 Å². The summed E-state index contributed by atoms with van der Waals surface area (Å²) in [6.07, 6.45) is 0.483. The lowest BCUT2D eigenvalue weighted by Gasteiger charge is -2.15. The number of benzene rings is 1. The molecule has 1 aromatic carbocycles. The molecule has 1 N–H and O–H groups in total. The fourth-order valence-corrected chi connectivity index (χ4v) is 4.12. The lowest BCUT2D eigenvalue weighted by atomic mass is 10.1. The molecule has 0 aliphatic carbocycles. The molecule has 0 unspecified atom stereocenters. The van der Waals surface area contributed by atoms with Gasteiger partial charge in [-0.3, -0.25) is 0 Å². The number of carboxylic acid groups (broad SMARTS) is 1. The number of aromatic carboxylic acids is 1. The second-order valence-electron chi connectivity index (χ2n) is 3.77. The van der Waals surface area contributed by atoms with E-state index in [9.17, 15) is 9.90 Å². The minimum absolute atomic E-state index is 0.224. The maximum Gasteiger partial charge on any atom is 0.337 e. The van der Waals surface area contributed by atoms with Crippen molar-refractivity contribution in [3.05, 3.63) is 29.0 Å². The Bertz CT molecular complexity index is 505. The van der Waals surface area contributed by atoms with E-state index in [2.05, 4.69) is 63.7 Å². The third kappa shape index (κ3) is 4.51. The Morgan fingerprint density at radius 2 is 1.60 bits per heavy atom. The number of halogens is 4. The summed E-state index contributed by atoms with van der Waals surface area (Å²) in [6, 6.07) is 0. The van der Waals surface area contributed by atoms with Crippen molar-refractivity contribution in [2.24, 2.45) is 0 Å². The smallest absolute Gasteiger partial charge is 0.337 e. The zero-order valence-corrected chi connectivity index (χ0v) is 16.9. The highest BCUT2D eigenvalue weighted by Gasteiger charge is 2.23. The summed E-state index contributed by atoms with van der Waals surface area (Å²) < 4.78 is 12.9. The molecule has 0 aliphatic rings. The van der Waals surface area contributed by atoms with Crippen molar-refractivity contribution >= 4 is 69.7 Å². The Morgan fingerprint density at radius 3 is 2.15 bits per heavy atom. The van der Waals surface area contributed by atoms with Crippen LogP contribution in [0.2, 0.25) is 0 Å². The monoisotopic (exact) mass is 536 g/mol. The second-order valence-corrected chi connectivity index (χ2v) is 6.94. The SMILES string of the molecule is COCCOCCc1c(Br)c(Br)c(Br)c(Br)c1C(=O)O. The summed E-state index contributed by atoms with van der Waals surface area (Å²) in [5, 5.41) is 9.38. The van der Waals surface area contributed by atoms with Crippen LogP contribution in [0.3, 0.4) is 0 Å². The van der Waals surface area contributed by atoms with E-state index in [0.29, 0.717) is 45.2 Å². The maximum atomic E-state index is 11.4. The average molecular weight is 540 g/mol. The Morgan fingerprint density at radius 1 is 1.00 bits per heavy atom. The predicted molar refractivity (Wildman–Crippen MR) is 90.6 cm³/mol. The molecule has 0 heterocycles. The fraction of sp³-hybridized carbons (Fsp3) is 0.417. The minimum Gasteiger partial charge on any atom is -0.478 e. The number of carbonyl (C=O) groups is 1. The summed E-state index contributed by atoms with van der Waals surface area (Å²) in [6.45, 7) is 1.42. The number of hydrogen-bond acceptors (Lipinski definition) is 3. The maximum absolute atomic E-state index is 11.4. The molecule has 0 spiro atoms. The highest BCUT2D eigenvalue weighted by molar-refractivity contribution is 9.15. The first kappa shape index (κ1) is 18.6. The molecule has 0 saturated carbocycles. The molecule has 1 rings (SSSR count). The molecule has 0 bridgehead atoms. The molecule has 4 nitrogen and oxygen atoms in total. The zero-order chi connectivity index (χ0) is 15.3. The van der Waals surface area contributed by atoms with Gasteiger partial charge in [0.2, 0.25) is 0 Å². The predicted octanol–water partition coefficient (Wildman–Crippen LogP) is 4.64. The van der Waals surface area contributed by atoms with Gasteiger partial charge in [-0.15, -0.1) is 0 Å². The molecule has 20 heavy (non-hydrogen) atoms. The van der Waals surface area contributed by atoms with E-state index in [-0.39, 0.29) is 5.56 Å². The molecule has 0 aliphatic heterocycles. The summed E-state index contributed by atoms with van der Waals surface area (Å²) in [5.74, 6) is -0.988. The van der Waals surface area contributed by atoms with Crippen LogP contribution in [-0.2, 0) is 15.9 Å². The Balaban J connectivity index is 3.01. The lowest BCUT2D eigenvalue weighted by Crippen LogP contribution is -2.10. The molecule has 0 aromatic heterocycles. The van der Waals surface area contributed by atoms with Gasteiger partial charge in [-0.25, -0.2) is 4.79 Å². The van der Waals surface area contributed by atoms with E-state index in [4.69, 9.17) is 9.47 Å². The Kier molecular flexibility index (Phi) is 8.22. The summed E-state index contributed by atoms with van der Waals surface area (Å²) in [4.78, 5) is 11.4. The quantitative estimate of drug-likeness (QED) is 0.312. The van der Waals surface area contributed by atoms with Gasteiger partial charge < -0.3 is 14.6 Å². The van der Waals surface area contributed by atoms with E-state index in [1.54, 1.807) is 7.11 Å². The van der Waals surface area contributed by atoms with Gasteiger partial charge in [0.25, 0.3) is 0 Å². The van der Waals surface area contributed by atoms with Crippen molar-refractivity contribution < 1.29 is 19.4 Å². The third-order valence-corrected chi connectivity index (χ3v) is 7.36. The van der Waals surface area contributed by atoms with Gasteiger partial charge in [-0.2, -0.15) is 0 Å². The summed E-state index contributed by atoms with van der Waals surface area (Å²) in [5.41, 5.74) is 0.902. The lowest BCUT2D eigenvalue weighted by molar-refractivity contribution is 0.0681. The van der Waals surface area contributed by atoms with Crippen molar-refractivity contribution in [2.75, 3.05) is 26.9 Å². The first-order chi connectivity index (χ1) is 9.41. The van der Waals surface area contributed by atoms with Crippen LogP contribution in [0.4, 0.5) is 0 Å². The zero-order valence-electron chi connectivity index (χ0n) is 10.5. The van der Waals surface area contributed by atoms with Crippen LogP contribution in [0.5, 0.6) is 0 Å². The second kappa shape index (κ2) is 8.85. The van der Waals surface area contributed by atoms with Gasteiger partial charge in [0, 0.05) is 25.0 Å². The van der Waals surface area contributed by atoms with Crippen LogP contribution in [0.25, 0.3) is 0 Å². The fourth-order valence-electron chi connectivity index (χ4n) is 1.55. The van der Waals surface area contributed by atoms with Crippen LogP contribution in [0, 0.1) is 0 Å². The molecule has 0 atom stereocenters. The number of hydrogen-bond donors (Lipinski definition) is 1. The van der Waals surface area contributed by atoms with Gasteiger partial charge in [0.15, 0.2) is 0 Å². The minimum atomic E-state index is -0.988. The van der Waals surface area contributed by atoms with Crippen molar-refractivity contribution in [3.63, 3.8) is 0 Å². The average Bonchev–Trinajstić information content (AvgIpc) is 2.41. The van der Waals surface area contributed by atoms with E-state index in [1.165, 1.54) is 0 Å². The molecule has 0 amide bonds. The van der Waals surface area contributed by atoms with Crippen molar-refractivity contribution in [1.82, 2.24) is 0 Å². The number of ether oxygens (including phenoxy) is 2. The summed E-state index contributed by atoms with van der Waals surface area (Å²) in [7, 11) is 1.60. The van der Waals surface area contributed by atoms with E-state index < -0.39 is 5.97 Å². The standard InChI is InChI=1S/C12H12Br4O4/c1-19-4-5-20-3-2-6-7(12(17)18)9(14)11(16)10(15)8(6)13/h2-5H2,1H3,(H,17,18). The first-order valence-corrected chi connectivity index (χ1v) is 8.73. The molecular formula is C12H12Br4O4. The van der Waals surface area contributed by atoms with E-state index in [0.717, 1.165) is 4.47 Å². The largest absolute Gasteiger partial charge is 0.478 e. The first-order valence-electron chi connectivity index (χ1n) is 5.56. The van der Waals surface area contributed by atoms with Crippen LogP contribution < -0.4 is 0 Å². The number of carboxylic acids is 1. The van der Waals surface area contributed by atoms with Crippen molar-refractivity contribution in [1.29, 1.82) is 0 Å². The number of methoxy groups -OCH3 is 1. The molecule has 0 radical (unpaired) electrons. The summed E-state index contributed by atoms with van der Waals surface area (Å²) >= 11 is 13.5. The van der Waals surface area contributed by atoms with Crippen LogP contribution in [0.15, 0.2) is 17.9 Å². The van der Waals surface area contributed by atoms with Crippen molar-refractivity contribution in [3.8, 4) is 0 Å². The highest BCUT2D eigenvalue weighted by atomic mass is 79.9. The van der Waals surface area contributed by atoms with Gasteiger partial charge in [-0.1, -0.05) is 0 Å². The topological polar surface area (TPSA) is 55.8 Å². The van der Waals surface area contributed by atoms with E-state index in [1.807, 2.05) is 0 Å². The molecular weight excluding hydrogens is 528 g/mol. The van der Waals surface area contributed by atoms with E-state index >= 15 is 0 Å². The third-order valence-electron chi connectivity index (χ3n) is 2.51. The molecule has 112 valence electrons. The van der Waals surface area contributed by atoms with Gasteiger partial charge in [0.1, 0.15) is 0 Å².